The highest BCUT2D eigenvalue weighted by Crippen LogP contribution is 2.24. The number of carbonyl (C=O) groups is 1. The van der Waals surface area contributed by atoms with E-state index in [0.29, 0.717) is 22.5 Å². The zero-order valence-electron chi connectivity index (χ0n) is 15.4. The first-order valence-electron chi connectivity index (χ1n) is 9.60. The maximum Gasteiger partial charge on any atom is 0.276 e. The van der Waals surface area contributed by atoms with Crippen LogP contribution in [0, 0.1) is 0 Å². The summed E-state index contributed by atoms with van der Waals surface area (Å²) in [7, 11) is 0. The number of nitrogens with one attached hydrogen (secondary N) is 2. The highest BCUT2D eigenvalue weighted by Gasteiger charge is 2.19. The number of fused-ring (bicyclic) bond motifs is 2. The summed E-state index contributed by atoms with van der Waals surface area (Å²) >= 11 is 0. The van der Waals surface area contributed by atoms with E-state index < -0.39 is 0 Å². The number of nitrogens with zero attached hydrogens (tertiary/aromatic N) is 2. The number of hydrogen-bond donors (Lipinski definition) is 2. The predicted molar refractivity (Wildman–Crippen MR) is 109 cm³/mol. The van der Waals surface area contributed by atoms with E-state index in [-0.39, 0.29) is 11.5 Å². The number of H-pyrrole nitrogens is 2. The van der Waals surface area contributed by atoms with E-state index in [1.165, 1.54) is 6.42 Å². The molecule has 5 rings (SSSR count). The van der Waals surface area contributed by atoms with Crippen molar-refractivity contribution < 1.29 is 4.79 Å². The van der Waals surface area contributed by atoms with Crippen molar-refractivity contribution in [1.82, 2.24) is 19.9 Å². The van der Waals surface area contributed by atoms with Gasteiger partial charge >= 0.3 is 0 Å². The fourth-order valence-corrected chi connectivity index (χ4v) is 3.88. The van der Waals surface area contributed by atoms with Gasteiger partial charge < -0.3 is 14.9 Å². The van der Waals surface area contributed by atoms with Crippen molar-refractivity contribution in [3.05, 3.63) is 64.4 Å². The molecule has 1 aliphatic rings. The van der Waals surface area contributed by atoms with Gasteiger partial charge in [0.2, 0.25) is 0 Å². The fraction of sp³-hybridized carbons (Fsp3) is 0.227. The van der Waals surface area contributed by atoms with Crippen molar-refractivity contribution in [3.63, 3.8) is 0 Å². The van der Waals surface area contributed by atoms with Crippen LogP contribution in [0.25, 0.3) is 33.3 Å². The maximum absolute atomic E-state index is 12.8. The molecular formula is C22H20N4O2. The van der Waals surface area contributed by atoms with Crippen LogP contribution in [-0.4, -0.2) is 38.8 Å². The minimum absolute atomic E-state index is 0.0750. The molecule has 1 amide bonds. The molecule has 2 aromatic heterocycles. The first-order valence-corrected chi connectivity index (χ1v) is 9.60. The Bertz CT molecular complexity index is 1250. The highest BCUT2D eigenvalue weighted by molar-refractivity contribution is 5.99. The second kappa shape index (κ2) is 6.64. The van der Waals surface area contributed by atoms with Gasteiger partial charge in [-0.15, -0.1) is 0 Å². The number of amides is 1. The summed E-state index contributed by atoms with van der Waals surface area (Å²) in [5, 5.41) is 0.896. The molecular weight excluding hydrogens is 352 g/mol. The van der Waals surface area contributed by atoms with E-state index in [2.05, 4.69) is 15.0 Å². The third-order valence-electron chi connectivity index (χ3n) is 5.37. The third kappa shape index (κ3) is 2.87. The summed E-state index contributed by atoms with van der Waals surface area (Å²) in [4.78, 5) is 37.8. The number of piperidine rings is 1. The molecule has 2 N–H and O–H groups in total. The van der Waals surface area contributed by atoms with Gasteiger partial charge in [0.25, 0.3) is 11.5 Å². The highest BCUT2D eigenvalue weighted by atomic mass is 16.2. The van der Waals surface area contributed by atoms with E-state index >= 15 is 0 Å². The number of para-hydroxylation sites is 2. The molecule has 1 aliphatic heterocycles. The van der Waals surface area contributed by atoms with Crippen LogP contribution in [-0.2, 0) is 0 Å². The van der Waals surface area contributed by atoms with Crippen LogP contribution in [0.3, 0.4) is 0 Å². The second-order valence-electron chi connectivity index (χ2n) is 7.27. The molecule has 6 heteroatoms. The Hall–Kier alpha value is -3.41. The molecule has 0 radical (unpaired) electrons. The van der Waals surface area contributed by atoms with Gasteiger partial charge in [-0.05, 0) is 55.7 Å². The van der Waals surface area contributed by atoms with Crippen LogP contribution in [0.2, 0.25) is 0 Å². The molecule has 0 saturated carbocycles. The van der Waals surface area contributed by atoms with Gasteiger partial charge in [-0.3, -0.25) is 9.59 Å². The number of benzene rings is 2. The lowest BCUT2D eigenvalue weighted by atomic mass is 10.1. The Morgan fingerprint density at radius 3 is 2.61 bits per heavy atom. The summed E-state index contributed by atoms with van der Waals surface area (Å²) in [5.74, 6) is 0.0750. The topological polar surface area (TPSA) is 81.8 Å². The molecule has 2 aromatic carbocycles. The van der Waals surface area contributed by atoms with Crippen LogP contribution in [0.1, 0.15) is 29.6 Å². The average Bonchev–Trinajstić information content (AvgIpc) is 3.16. The first kappa shape index (κ1) is 16.7. The molecule has 0 spiro atoms. The molecule has 6 nitrogen and oxygen atoms in total. The first-order chi connectivity index (χ1) is 13.7. The zero-order valence-corrected chi connectivity index (χ0v) is 15.4. The van der Waals surface area contributed by atoms with E-state index in [0.717, 1.165) is 42.4 Å². The Morgan fingerprint density at radius 1 is 0.929 bits per heavy atom. The predicted octanol–water partition coefficient (Wildman–Crippen LogP) is 3.70. The molecule has 1 saturated heterocycles. The number of aromatic nitrogens is 3. The van der Waals surface area contributed by atoms with E-state index in [1.54, 1.807) is 0 Å². The quantitative estimate of drug-likeness (QED) is 0.563. The zero-order chi connectivity index (χ0) is 19.1. The lowest BCUT2D eigenvalue weighted by Crippen LogP contribution is -2.35. The van der Waals surface area contributed by atoms with Crippen LogP contribution in [0.15, 0.2) is 53.3 Å². The number of hydrogen-bond acceptors (Lipinski definition) is 3. The van der Waals surface area contributed by atoms with E-state index in [4.69, 9.17) is 0 Å². The molecule has 1 fully saturated rings. The lowest BCUT2D eigenvalue weighted by Gasteiger charge is -2.26. The van der Waals surface area contributed by atoms with Crippen LogP contribution >= 0.6 is 0 Å². The summed E-state index contributed by atoms with van der Waals surface area (Å²) in [6.45, 7) is 1.65. The normalized spacial score (nSPS) is 14.6. The van der Waals surface area contributed by atoms with Crippen molar-refractivity contribution in [2.75, 3.05) is 13.1 Å². The number of carbonyl (C=O) groups excluding carboxylic acids is 1. The maximum atomic E-state index is 12.8. The summed E-state index contributed by atoms with van der Waals surface area (Å²) in [5.41, 5.74) is 3.75. The number of aromatic amines is 2. The largest absolute Gasteiger partial charge is 0.353 e. The van der Waals surface area contributed by atoms with Gasteiger partial charge in [0.05, 0.1) is 16.7 Å². The van der Waals surface area contributed by atoms with Crippen molar-refractivity contribution in [1.29, 1.82) is 0 Å². The second-order valence-corrected chi connectivity index (χ2v) is 7.27. The SMILES string of the molecule is O=C(c1ccc2[nH]c(-c3nc4ccccc4[nH]c3=O)cc2c1)N1CCCCC1. The van der Waals surface area contributed by atoms with Gasteiger partial charge in [-0.25, -0.2) is 4.98 Å². The Kier molecular flexibility index (Phi) is 3.97. The van der Waals surface area contributed by atoms with Crippen LogP contribution in [0.4, 0.5) is 0 Å². The minimum Gasteiger partial charge on any atom is -0.353 e. The van der Waals surface area contributed by atoms with E-state index in [9.17, 15) is 9.59 Å². The minimum atomic E-state index is -0.241. The van der Waals surface area contributed by atoms with Crippen molar-refractivity contribution in [3.8, 4) is 11.4 Å². The smallest absolute Gasteiger partial charge is 0.276 e. The van der Waals surface area contributed by atoms with Crippen LogP contribution < -0.4 is 5.56 Å². The summed E-state index contributed by atoms with van der Waals surface area (Å²) in [6.07, 6.45) is 3.33. The molecule has 3 heterocycles. The molecule has 0 atom stereocenters. The molecule has 0 unspecified atom stereocenters. The molecule has 140 valence electrons. The summed E-state index contributed by atoms with van der Waals surface area (Å²) < 4.78 is 0. The molecule has 4 aromatic rings. The molecule has 0 bridgehead atoms. The molecule has 28 heavy (non-hydrogen) atoms. The van der Waals surface area contributed by atoms with Gasteiger partial charge in [-0.1, -0.05) is 12.1 Å². The van der Waals surface area contributed by atoms with Gasteiger partial charge in [0, 0.05) is 29.6 Å². The third-order valence-corrected chi connectivity index (χ3v) is 5.37. The van der Waals surface area contributed by atoms with Crippen LogP contribution in [0.5, 0.6) is 0 Å². The average molecular weight is 372 g/mol. The van der Waals surface area contributed by atoms with Gasteiger partial charge in [-0.2, -0.15) is 0 Å². The van der Waals surface area contributed by atoms with Gasteiger partial charge in [0.15, 0.2) is 5.69 Å². The monoisotopic (exact) mass is 372 g/mol. The standard InChI is InChI=1S/C22H20N4O2/c27-21-20(24-17-6-2-3-7-18(17)25-21)19-13-15-12-14(8-9-16(15)23-19)22(28)26-10-4-1-5-11-26/h2-3,6-9,12-13,23H,1,4-5,10-11H2,(H,25,27). The van der Waals surface area contributed by atoms with Crippen molar-refractivity contribution >= 4 is 27.8 Å². The Balaban J connectivity index is 1.54. The number of likely N-dealkylation sites (tertiary alicyclic amines) is 1. The van der Waals surface area contributed by atoms with E-state index in [1.807, 2.05) is 53.4 Å². The van der Waals surface area contributed by atoms with Gasteiger partial charge in [0.1, 0.15) is 0 Å². The summed E-state index contributed by atoms with van der Waals surface area (Å²) in [6, 6.07) is 15.0. The van der Waals surface area contributed by atoms with Crippen molar-refractivity contribution in [2.24, 2.45) is 0 Å². The fourth-order valence-electron chi connectivity index (χ4n) is 3.88. The Labute approximate surface area is 161 Å². The lowest BCUT2D eigenvalue weighted by molar-refractivity contribution is 0.0724. The number of rotatable bonds is 2. The Morgan fingerprint density at radius 2 is 1.75 bits per heavy atom. The van der Waals surface area contributed by atoms with Crippen molar-refractivity contribution in [2.45, 2.75) is 19.3 Å². The molecule has 0 aliphatic carbocycles.